The van der Waals surface area contributed by atoms with Crippen LogP contribution < -0.4 is 5.73 Å². The Labute approximate surface area is 94.5 Å². The first-order valence-corrected chi connectivity index (χ1v) is 5.87. The van der Waals surface area contributed by atoms with Crippen LogP contribution in [-0.2, 0) is 22.5 Å². The van der Waals surface area contributed by atoms with E-state index >= 15 is 0 Å². The number of rotatable bonds is 1. The first-order valence-electron chi connectivity index (χ1n) is 5.87. The van der Waals surface area contributed by atoms with Crippen molar-refractivity contribution in [1.29, 1.82) is 0 Å². The minimum absolute atomic E-state index is 0.402. The average molecular weight is 223 g/mol. The monoisotopic (exact) mass is 223 g/mol. The Hall–Kier alpha value is -1.07. The number of nitrogens with two attached hydrogens (primary N) is 1. The van der Waals surface area contributed by atoms with E-state index in [4.69, 9.17) is 15.2 Å². The second-order valence-electron chi connectivity index (χ2n) is 4.40. The summed E-state index contributed by atoms with van der Waals surface area (Å²) in [5.74, 6) is 0.838. The van der Waals surface area contributed by atoms with Crippen LogP contribution in [0.25, 0.3) is 0 Å². The van der Waals surface area contributed by atoms with Crippen LogP contribution in [0.1, 0.15) is 30.1 Å². The van der Waals surface area contributed by atoms with Crippen molar-refractivity contribution in [3.8, 4) is 0 Å². The van der Waals surface area contributed by atoms with Gasteiger partial charge in [0, 0.05) is 25.2 Å². The quantitative estimate of drug-likeness (QED) is 0.768. The minimum atomic E-state index is 0.402. The Morgan fingerprint density at radius 3 is 2.75 bits per heavy atom. The van der Waals surface area contributed by atoms with Crippen LogP contribution in [-0.4, -0.2) is 29.6 Å². The summed E-state index contributed by atoms with van der Waals surface area (Å²) in [6.45, 7) is 2.99. The van der Waals surface area contributed by atoms with Gasteiger partial charge in [-0.25, -0.2) is 4.68 Å². The van der Waals surface area contributed by atoms with Crippen LogP contribution in [0.2, 0.25) is 0 Å². The number of fused-ring (bicyclic) bond motifs is 1. The van der Waals surface area contributed by atoms with Gasteiger partial charge in [0.1, 0.15) is 5.82 Å². The van der Waals surface area contributed by atoms with Gasteiger partial charge in [0.05, 0.1) is 24.9 Å². The van der Waals surface area contributed by atoms with E-state index in [1.54, 1.807) is 0 Å². The van der Waals surface area contributed by atoms with Gasteiger partial charge in [-0.2, -0.15) is 5.10 Å². The largest absolute Gasteiger partial charge is 0.384 e. The van der Waals surface area contributed by atoms with Crippen LogP contribution in [0.3, 0.4) is 0 Å². The van der Waals surface area contributed by atoms with E-state index < -0.39 is 0 Å². The lowest BCUT2D eigenvalue weighted by atomic mass is 10.1. The molecule has 2 aliphatic rings. The van der Waals surface area contributed by atoms with Crippen molar-refractivity contribution in [1.82, 2.24) is 9.78 Å². The molecule has 1 aromatic rings. The van der Waals surface area contributed by atoms with Gasteiger partial charge in [0.25, 0.3) is 0 Å². The van der Waals surface area contributed by atoms with E-state index in [0.29, 0.717) is 12.6 Å². The normalized spacial score (nSPS) is 22.0. The number of nitrogens with zero attached hydrogens (tertiary/aromatic N) is 2. The fourth-order valence-electron chi connectivity index (χ4n) is 2.47. The first-order chi connectivity index (χ1) is 7.86. The highest BCUT2D eigenvalue weighted by molar-refractivity contribution is 5.44. The van der Waals surface area contributed by atoms with E-state index in [1.165, 1.54) is 5.56 Å². The van der Waals surface area contributed by atoms with Crippen molar-refractivity contribution in [3.63, 3.8) is 0 Å². The number of nitrogen functional groups attached to an aromatic ring is 1. The molecule has 0 radical (unpaired) electrons. The maximum Gasteiger partial charge on any atom is 0.125 e. The SMILES string of the molecule is Nc1c2c(nn1C1CCOCC1)COCC2. The smallest absolute Gasteiger partial charge is 0.125 e. The van der Waals surface area contributed by atoms with Crippen molar-refractivity contribution in [2.75, 3.05) is 25.6 Å². The van der Waals surface area contributed by atoms with E-state index in [0.717, 1.165) is 50.6 Å². The molecule has 5 nitrogen and oxygen atoms in total. The van der Waals surface area contributed by atoms with Gasteiger partial charge in [-0.15, -0.1) is 0 Å². The number of hydrogen-bond donors (Lipinski definition) is 1. The highest BCUT2D eigenvalue weighted by Gasteiger charge is 2.24. The zero-order valence-electron chi connectivity index (χ0n) is 9.32. The molecule has 3 rings (SSSR count). The molecule has 1 saturated heterocycles. The fraction of sp³-hybridized carbons (Fsp3) is 0.727. The summed E-state index contributed by atoms with van der Waals surface area (Å²) >= 11 is 0. The van der Waals surface area contributed by atoms with Crippen molar-refractivity contribution >= 4 is 5.82 Å². The van der Waals surface area contributed by atoms with E-state index in [9.17, 15) is 0 Å². The summed E-state index contributed by atoms with van der Waals surface area (Å²) in [4.78, 5) is 0. The third-order valence-electron chi connectivity index (χ3n) is 3.40. The van der Waals surface area contributed by atoms with Crippen LogP contribution in [0.15, 0.2) is 0 Å². The summed E-state index contributed by atoms with van der Waals surface area (Å²) in [7, 11) is 0. The molecule has 0 bridgehead atoms. The molecule has 2 N–H and O–H groups in total. The molecule has 1 fully saturated rings. The average Bonchev–Trinajstić information content (AvgIpc) is 2.69. The van der Waals surface area contributed by atoms with Crippen LogP contribution in [0.5, 0.6) is 0 Å². The molecule has 5 heteroatoms. The highest BCUT2D eigenvalue weighted by atomic mass is 16.5. The number of aromatic nitrogens is 2. The predicted octanol–water partition coefficient (Wildman–Crippen LogP) is 0.889. The lowest BCUT2D eigenvalue weighted by Crippen LogP contribution is -2.21. The molecule has 0 aliphatic carbocycles. The van der Waals surface area contributed by atoms with Crippen LogP contribution in [0, 0.1) is 0 Å². The summed E-state index contributed by atoms with van der Waals surface area (Å²) in [5, 5.41) is 4.59. The zero-order valence-corrected chi connectivity index (χ0v) is 9.32. The van der Waals surface area contributed by atoms with Gasteiger partial charge in [0.15, 0.2) is 0 Å². The van der Waals surface area contributed by atoms with E-state index in [2.05, 4.69) is 5.10 Å². The highest BCUT2D eigenvalue weighted by Crippen LogP contribution is 2.29. The Kier molecular flexibility index (Phi) is 2.57. The molecule has 16 heavy (non-hydrogen) atoms. The Balaban J connectivity index is 1.91. The second-order valence-corrected chi connectivity index (χ2v) is 4.40. The lowest BCUT2D eigenvalue weighted by molar-refractivity contribution is 0.0662. The molecule has 0 spiro atoms. The zero-order chi connectivity index (χ0) is 11.0. The van der Waals surface area contributed by atoms with E-state index in [-0.39, 0.29) is 0 Å². The topological polar surface area (TPSA) is 62.3 Å². The van der Waals surface area contributed by atoms with Crippen LogP contribution >= 0.6 is 0 Å². The molecule has 2 aliphatic heterocycles. The molecular formula is C11H17N3O2. The summed E-state index contributed by atoms with van der Waals surface area (Å²) in [6, 6.07) is 0.402. The Morgan fingerprint density at radius 2 is 2.00 bits per heavy atom. The maximum atomic E-state index is 6.16. The number of anilines is 1. The van der Waals surface area contributed by atoms with Crippen molar-refractivity contribution in [2.45, 2.75) is 31.9 Å². The molecule has 3 heterocycles. The molecule has 0 amide bonds. The standard InChI is InChI=1S/C11H17N3O2/c12-11-9-3-6-16-7-10(9)13-14(11)8-1-4-15-5-2-8/h8H,1-7,12H2. The molecule has 88 valence electrons. The maximum absolute atomic E-state index is 6.16. The molecule has 0 atom stereocenters. The van der Waals surface area contributed by atoms with Gasteiger partial charge < -0.3 is 15.2 Å². The summed E-state index contributed by atoms with van der Waals surface area (Å²) in [5.41, 5.74) is 8.37. The van der Waals surface area contributed by atoms with Crippen molar-refractivity contribution in [2.24, 2.45) is 0 Å². The lowest BCUT2D eigenvalue weighted by Gasteiger charge is -2.23. The molecule has 0 saturated carbocycles. The van der Waals surface area contributed by atoms with Gasteiger partial charge in [-0.3, -0.25) is 0 Å². The van der Waals surface area contributed by atoms with Gasteiger partial charge >= 0.3 is 0 Å². The van der Waals surface area contributed by atoms with Gasteiger partial charge in [0.2, 0.25) is 0 Å². The number of ether oxygens (including phenoxy) is 2. The van der Waals surface area contributed by atoms with Gasteiger partial charge in [-0.05, 0) is 12.8 Å². The van der Waals surface area contributed by atoms with Crippen molar-refractivity contribution < 1.29 is 9.47 Å². The van der Waals surface area contributed by atoms with Crippen LogP contribution in [0.4, 0.5) is 5.82 Å². The Morgan fingerprint density at radius 1 is 1.19 bits per heavy atom. The fourth-order valence-corrected chi connectivity index (χ4v) is 2.47. The van der Waals surface area contributed by atoms with Gasteiger partial charge in [-0.1, -0.05) is 0 Å². The van der Waals surface area contributed by atoms with E-state index in [1.807, 2.05) is 4.68 Å². The molecule has 1 aromatic heterocycles. The third kappa shape index (κ3) is 1.60. The molecule has 0 unspecified atom stereocenters. The first kappa shape index (κ1) is 10.1. The van der Waals surface area contributed by atoms with Crippen molar-refractivity contribution in [3.05, 3.63) is 11.3 Å². The number of hydrogen-bond acceptors (Lipinski definition) is 4. The predicted molar refractivity (Wildman–Crippen MR) is 59.1 cm³/mol. The third-order valence-corrected chi connectivity index (χ3v) is 3.40. The summed E-state index contributed by atoms with van der Waals surface area (Å²) < 4.78 is 12.7. The minimum Gasteiger partial charge on any atom is -0.384 e. The summed E-state index contributed by atoms with van der Waals surface area (Å²) in [6.07, 6.45) is 2.90. The molecule has 0 aromatic carbocycles. The Bertz CT molecular complexity index is 383. The second kappa shape index (κ2) is 4.07. The molecular weight excluding hydrogens is 206 g/mol.